The van der Waals surface area contributed by atoms with Crippen molar-refractivity contribution in [2.75, 3.05) is 43.4 Å². The largest absolute Gasteiger partial charge is 0.383 e. The molecule has 0 amide bonds. The molecule has 6 nitrogen and oxygen atoms in total. The molecule has 4 rings (SSSR count). The molecule has 6 heteroatoms. The van der Waals surface area contributed by atoms with Crippen LogP contribution in [0.25, 0.3) is 0 Å². The van der Waals surface area contributed by atoms with E-state index in [0.29, 0.717) is 11.3 Å². The molecular weight excluding hydrogens is 374 g/mol. The first-order valence-corrected chi connectivity index (χ1v) is 10.4. The van der Waals surface area contributed by atoms with Crippen LogP contribution in [0.2, 0.25) is 0 Å². The minimum absolute atomic E-state index is 0. The van der Waals surface area contributed by atoms with E-state index in [9.17, 15) is 4.79 Å². The number of hydrogen-bond donors (Lipinski definition) is 1. The zero-order chi connectivity index (χ0) is 20.8. The Labute approximate surface area is 180 Å². The molecular formula is C24H31N5O. The van der Waals surface area contributed by atoms with Crippen molar-refractivity contribution in [2.24, 2.45) is 0 Å². The molecule has 1 aliphatic heterocycles. The van der Waals surface area contributed by atoms with Crippen LogP contribution in [-0.4, -0.2) is 53.4 Å². The van der Waals surface area contributed by atoms with E-state index in [4.69, 9.17) is 5.73 Å². The van der Waals surface area contributed by atoms with Gasteiger partial charge in [-0.15, -0.1) is 0 Å². The number of pyridine rings is 2. The number of ketones is 1. The predicted octanol–water partition coefficient (Wildman–Crippen LogP) is 3.54. The smallest absolute Gasteiger partial charge is 0.215 e. The maximum absolute atomic E-state index is 12.8. The van der Waals surface area contributed by atoms with E-state index in [2.05, 4.69) is 50.1 Å². The fraction of sp³-hybridized carbons (Fsp3) is 0.292. The molecule has 1 aliphatic rings. The van der Waals surface area contributed by atoms with Gasteiger partial charge in [-0.3, -0.25) is 4.79 Å². The number of aromatic nitrogens is 2. The Kier molecular flexibility index (Phi) is 6.35. The van der Waals surface area contributed by atoms with Crippen molar-refractivity contribution in [2.45, 2.75) is 12.8 Å². The van der Waals surface area contributed by atoms with E-state index in [-0.39, 0.29) is 14.5 Å². The van der Waals surface area contributed by atoms with Gasteiger partial charge < -0.3 is 15.5 Å². The molecule has 158 valence electrons. The average molecular weight is 406 g/mol. The van der Waals surface area contributed by atoms with Gasteiger partial charge in [0, 0.05) is 35.2 Å². The summed E-state index contributed by atoms with van der Waals surface area (Å²) < 4.78 is 0. The van der Waals surface area contributed by atoms with Gasteiger partial charge in [-0.1, -0.05) is 36.4 Å². The first kappa shape index (κ1) is 20.0. The van der Waals surface area contributed by atoms with Crippen molar-refractivity contribution >= 4 is 17.4 Å². The summed E-state index contributed by atoms with van der Waals surface area (Å²) in [7, 11) is 0. The number of nitrogen functional groups attached to an aromatic ring is 1. The van der Waals surface area contributed by atoms with Crippen LogP contribution in [0, 0.1) is 0 Å². The van der Waals surface area contributed by atoms with Gasteiger partial charge in [0.15, 0.2) is 0 Å². The molecule has 0 saturated carbocycles. The van der Waals surface area contributed by atoms with Crippen LogP contribution >= 0.6 is 0 Å². The Balaban J connectivity index is 0.00000181. The summed E-state index contributed by atoms with van der Waals surface area (Å²) in [6, 6.07) is 19.6. The summed E-state index contributed by atoms with van der Waals surface area (Å²) in [4.78, 5) is 26.3. The number of rotatable bonds is 6. The number of carbonyl (C=O) groups excluding carboxylic acids is 1. The molecule has 0 spiro atoms. The van der Waals surface area contributed by atoms with Crippen LogP contribution < -0.4 is 10.6 Å². The highest BCUT2D eigenvalue weighted by Gasteiger charge is 2.19. The van der Waals surface area contributed by atoms with Gasteiger partial charge >= 0.3 is 0 Å². The summed E-state index contributed by atoms with van der Waals surface area (Å²) in [6.07, 6.45) is 3.72. The zero-order valence-electron chi connectivity index (χ0n) is 17.1. The van der Waals surface area contributed by atoms with E-state index in [0.717, 1.165) is 51.4 Å². The molecule has 0 unspecified atom stereocenters. The van der Waals surface area contributed by atoms with Crippen molar-refractivity contribution in [1.29, 1.82) is 0 Å². The lowest BCUT2D eigenvalue weighted by Crippen LogP contribution is -2.32. The van der Waals surface area contributed by atoms with Gasteiger partial charge in [-0.25, -0.2) is 9.97 Å². The summed E-state index contributed by atoms with van der Waals surface area (Å²) >= 11 is 0. The van der Waals surface area contributed by atoms with Gasteiger partial charge in [0.1, 0.15) is 17.3 Å². The van der Waals surface area contributed by atoms with Crippen LogP contribution in [0.15, 0.2) is 66.9 Å². The van der Waals surface area contributed by atoms with Crippen molar-refractivity contribution in [3.8, 4) is 0 Å². The summed E-state index contributed by atoms with van der Waals surface area (Å²) in [5.41, 5.74) is 8.04. The average Bonchev–Trinajstić information content (AvgIpc) is 3.04. The number of carbonyl (C=O) groups is 1. The van der Waals surface area contributed by atoms with E-state index < -0.39 is 0 Å². The summed E-state index contributed by atoms with van der Waals surface area (Å²) in [5, 5.41) is 0. The van der Waals surface area contributed by atoms with Gasteiger partial charge in [0.2, 0.25) is 5.78 Å². The maximum Gasteiger partial charge on any atom is 0.215 e. The fourth-order valence-electron chi connectivity index (χ4n) is 3.83. The third-order valence-electron chi connectivity index (χ3n) is 5.52. The molecule has 2 aromatic heterocycles. The molecule has 1 aromatic carbocycles. The summed E-state index contributed by atoms with van der Waals surface area (Å²) in [6.45, 7) is 4.95. The highest BCUT2D eigenvalue weighted by molar-refractivity contribution is 6.10. The quantitative estimate of drug-likeness (QED) is 0.632. The van der Waals surface area contributed by atoms with Crippen LogP contribution in [-0.2, 0) is 6.42 Å². The van der Waals surface area contributed by atoms with Crippen molar-refractivity contribution in [1.82, 2.24) is 14.9 Å². The molecule has 3 heterocycles. The van der Waals surface area contributed by atoms with Crippen LogP contribution in [0.5, 0.6) is 0 Å². The second-order valence-electron chi connectivity index (χ2n) is 7.56. The molecule has 0 atom stereocenters. The first-order valence-electron chi connectivity index (χ1n) is 10.4. The third-order valence-corrected chi connectivity index (χ3v) is 5.52. The number of nitrogens with zero attached hydrogens (tertiary/aromatic N) is 4. The lowest BCUT2D eigenvalue weighted by atomic mass is 10.1. The Morgan fingerprint density at radius 3 is 2.67 bits per heavy atom. The highest BCUT2D eigenvalue weighted by Crippen LogP contribution is 2.18. The monoisotopic (exact) mass is 405 g/mol. The lowest BCUT2D eigenvalue weighted by molar-refractivity contribution is 0.103. The highest BCUT2D eigenvalue weighted by atomic mass is 16.1. The maximum atomic E-state index is 12.8. The van der Waals surface area contributed by atoms with Crippen LogP contribution in [0.1, 0.15) is 30.9 Å². The molecule has 0 aliphatic carbocycles. The number of nitrogens with two attached hydrogens (primary N) is 1. The van der Waals surface area contributed by atoms with E-state index in [1.54, 1.807) is 24.4 Å². The van der Waals surface area contributed by atoms with Crippen LogP contribution in [0.3, 0.4) is 0 Å². The van der Waals surface area contributed by atoms with Gasteiger partial charge in [-0.05, 0) is 49.2 Å². The van der Waals surface area contributed by atoms with Gasteiger partial charge in [0.25, 0.3) is 0 Å². The Hall–Kier alpha value is -3.25. The molecule has 3 aromatic rings. The zero-order valence-corrected chi connectivity index (χ0v) is 17.1. The van der Waals surface area contributed by atoms with E-state index >= 15 is 0 Å². The van der Waals surface area contributed by atoms with Gasteiger partial charge in [-0.2, -0.15) is 0 Å². The molecule has 1 fully saturated rings. The molecule has 0 bridgehead atoms. The first-order chi connectivity index (χ1) is 14.7. The van der Waals surface area contributed by atoms with Crippen molar-refractivity contribution < 1.29 is 7.65 Å². The van der Waals surface area contributed by atoms with Crippen molar-refractivity contribution in [3.05, 3.63) is 83.7 Å². The molecule has 2 N–H and O–H groups in total. The Morgan fingerprint density at radius 1 is 0.967 bits per heavy atom. The normalized spacial score (nSPS) is 15.0. The molecule has 0 radical (unpaired) electrons. The second-order valence-corrected chi connectivity index (χ2v) is 7.56. The number of hydrogen-bond acceptors (Lipinski definition) is 6. The SMILES string of the molecule is Nc1ncccc1C(=O)c1cccc(N2CCCN(CCc3ccccc3)CC2)n1.[HH].[HH]. The topological polar surface area (TPSA) is 75.3 Å². The van der Waals surface area contributed by atoms with E-state index in [1.165, 1.54) is 5.56 Å². The third kappa shape index (κ3) is 4.83. The predicted molar refractivity (Wildman–Crippen MR) is 124 cm³/mol. The number of benzene rings is 1. The number of anilines is 2. The summed E-state index contributed by atoms with van der Waals surface area (Å²) in [5.74, 6) is 0.883. The second kappa shape index (κ2) is 9.50. The fourth-order valence-corrected chi connectivity index (χ4v) is 3.83. The Bertz CT molecular complexity index is 1000. The standard InChI is InChI=1S/C24H27N5O.2H2/c25-24-20(9-5-13-26-24)23(30)21-10-4-11-22(27-21)29-15-6-14-28(17-18-29)16-12-19-7-2-1-3-8-19;;/h1-5,7-11,13H,6,12,14-18H2,(H2,25,26);2*1H. The molecule has 1 saturated heterocycles. The molecule has 30 heavy (non-hydrogen) atoms. The Morgan fingerprint density at radius 2 is 1.83 bits per heavy atom. The van der Waals surface area contributed by atoms with Crippen LogP contribution in [0.4, 0.5) is 11.6 Å². The van der Waals surface area contributed by atoms with Crippen molar-refractivity contribution in [3.63, 3.8) is 0 Å². The van der Waals surface area contributed by atoms with E-state index in [1.807, 2.05) is 12.1 Å². The lowest BCUT2D eigenvalue weighted by Gasteiger charge is -2.23. The van der Waals surface area contributed by atoms with Gasteiger partial charge in [0.05, 0.1) is 5.56 Å². The minimum Gasteiger partial charge on any atom is -0.383 e. The minimum atomic E-state index is -0.193.